The van der Waals surface area contributed by atoms with Gasteiger partial charge in [0.05, 0.1) is 13.2 Å². The number of hydrogen-bond donors (Lipinski definition) is 2. The summed E-state index contributed by atoms with van der Waals surface area (Å²) in [6, 6.07) is 7.64. The van der Waals surface area contributed by atoms with Crippen molar-refractivity contribution in [2.24, 2.45) is 0 Å². The Morgan fingerprint density at radius 3 is 2.25 bits per heavy atom. The second kappa shape index (κ2) is 5.32. The summed E-state index contributed by atoms with van der Waals surface area (Å²) >= 11 is 0. The maximum atomic E-state index is 9.97. The van der Waals surface area contributed by atoms with E-state index in [0.717, 1.165) is 11.3 Å². The third kappa shape index (κ3) is 2.74. The van der Waals surface area contributed by atoms with Crippen molar-refractivity contribution >= 4 is 0 Å². The summed E-state index contributed by atoms with van der Waals surface area (Å²) in [5.41, 5.74) is 0.670. The van der Waals surface area contributed by atoms with Crippen LogP contribution in [0.5, 0.6) is 5.75 Å². The van der Waals surface area contributed by atoms with Crippen molar-refractivity contribution in [1.82, 2.24) is 0 Å². The Balaban J connectivity index is 2.88. The zero-order valence-electron chi connectivity index (χ0n) is 10.1. The summed E-state index contributed by atoms with van der Waals surface area (Å²) in [6.07, 6.45) is -0.162. The Bertz CT molecular complexity index is 316. The number of ether oxygens (including phenoxy) is 1. The number of methoxy groups -OCH3 is 1. The molecule has 0 aromatic heterocycles. The molecule has 90 valence electrons. The van der Waals surface area contributed by atoms with Crippen molar-refractivity contribution in [1.29, 1.82) is 0 Å². The first kappa shape index (κ1) is 13.0. The van der Waals surface area contributed by atoms with Crippen LogP contribution in [0.25, 0.3) is 0 Å². The quantitative estimate of drug-likeness (QED) is 0.800. The van der Waals surface area contributed by atoms with E-state index in [1.807, 2.05) is 38.1 Å². The van der Waals surface area contributed by atoms with E-state index in [-0.39, 0.29) is 12.0 Å². The van der Waals surface area contributed by atoms with Gasteiger partial charge >= 0.3 is 0 Å². The second-order valence-corrected chi connectivity index (χ2v) is 4.48. The highest BCUT2D eigenvalue weighted by atomic mass is 16.5. The number of benzene rings is 1. The fourth-order valence-corrected chi connectivity index (χ4v) is 1.70. The third-order valence-corrected chi connectivity index (χ3v) is 3.07. The molecule has 16 heavy (non-hydrogen) atoms. The van der Waals surface area contributed by atoms with Crippen LogP contribution in [-0.2, 0) is 5.41 Å². The van der Waals surface area contributed by atoms with Crippen LogP contribution >= 0.6 is 0 Å². The molecule has 0 aliphatic rings. The zero-order chi connectivity index (χ0) is 12.2. The highest BCUT2D eigenvalue weighted by Crippen LogP contribution is 2.29. The van der Waals surface area contributed by atoms with Crippen molar-refractivity contribution in [3.8, 4) is 5.75 Å². The lowest BCUT2D eigenvalue weighted by atomic mass is 9.78. The average Bonchev–Trinajstić information content (AvgIpc) is 2.29. The maximum Gasteiger partial charge on any atom is 0.118 e. The lowest BCUT2D eigenvalue weighted by Crippen LogP contribution is -2.34. The lowest BCUT2D eigenvalue weighted by molar-refractivity contribution is 0.0719. The number of aliphatic hydroxyl groups excluding tert-OH is 2. The topological polar surface area (TPSA) is 49.7 Å². The number of hydrogen-bond acceptors (Lipinski definition) is 3. The van der Waals surface area contributed by atoms with Crippen molar-refractivity contribution in [2.75, 3.05) is 13.7 Å². The highest BCUT2D eigenvalue weighted by Gasteiger charge is 2.29. The molecule has 1 atom stereocenters. The van der Waals surface area contributed by atoms with Crippen LogP contribution in [0.1, 0.15) is 25.8 Å². The van der Waals surface area contributed by atoms with Gasteiger partial charge in [0.2, 0.25) is 0 Å². The molecule has 0 saturated carbocycles. The van der Waals surface area contributed by atoms with Crippen molar-refractivity contribution < 1.29 is 14.9 Å². The third-order valence-electron chi connectivity index (χ3n) is 3.07. The first-order valence-electron chi connectivity index (χ1n) is 5.46. The fourth-order valence-electron chi connectivity index (χ4n) is 1.70. The second-order valence-electron chi connectivity index (χ2n) is 4.48. The monoisotopic (exact) mass is 224 g/mol. The van der Waals surface area contributed by atoms with Gasteiger partial charge in [-0.3, -0.25) is 0 Å². The molecule has 1 aromatic rings. The Morgan fingerprint density at radius 1 is 1.25 bits per heavy atom. The van der Waals surface area contributed by atoms with Crippen molar-refractivity contribution in [3.63, 3.8) is 0 Å². The summed E-state index contributed by atoms with van der Waals surface area (Å²) in [7, 11) is 1.63. The Morgan fingerprint density at radius 2 is 1.81 bits per heavy atom. The van der Waals surface area contributed by atoms with Gasteiger partial charge in [0.1, 0.15) is 5.75 Å². The molecule has 0 aliphatic carbocycles. The molecule has 1 aromatic carbocycles. The van der Waals surface area contributed by atoms with Crippen molar-refractivity contribution in [2.45, 2.75) is 31.8 Å². The molecule has 1 rings (SSSR count). The standard InChI is InChI=1S/C13H20O3/c1-13(2,12(15)8-9-14)10-4-6-11(16-3)7-5-10/h4-7,12,14-15H,8-9H2,1-3H3. The molecule has 1 unspecified atom stereocenters. The van der Waals surface area contributed by atoms with Gasteiger partial charge in [-0.1, -0.05) is 26.0 Å². The molecule has 0 heterocycles. The van der Waals surface area contributed by atoms with Crippen LogP contribution in [0.2, 0.25) is 0 Å². The van der Waals surface area contributed by atoms with Crippen LogP contribution in [0.4, 0.5) is 0 Å². The molecule has 0 fully saturated rings. The predicted octanol–water partition coefficient (Wildman–Crippen LogP) is 1.72. The molecule has 2 N–H and O–H groups in total. The van der Waals surface area contributed by atoms with Gasteiger partial charge in [0.25, 0.3) is 0 Å². The van der Waals surface area contributed by atoms with Gasteiger partial charge in [-0.15, -0.1) is 0 Å². The Labute approximate surface area is 96.7 Å². The SMILES string of the molecule is COc1ccc(C(C)(C)C(O)CCO)cc1. The lowest BCUT2D eigenvalue weighted by Gasteiger charge is -2.31. The van der Waals surface area contributed by atoms with Crippen molar-refractivity contribution in [3.05, 3.63) is 29.8 Å². The first-order chi connectivity index (χ1) is 7.52. The van der Waals surface area contributed by atoms with E-state index in [0.29, 0.717) is 6.42 Å². The molecule has 3 heteroatoms. The normalized spacial score (nSPS) is 13.6. The largest absolute Gasteiger partial charge is 0.497 e. The van der Waals surface area contributed by atoms with E-state index in [9.17, 15) is 5.11 Å². The van der Waals surface area contributed by atoms with Crippen LogP contribution in [0, 0.1) is 0 Å². The summed E-state index contributed by atoms with van der Waals surface area (Å²) in [4.78, 5) is 0. The van der Waals surface area contributed by atoms with Gasteiger partial charge in [0.15, 0.2) is 0 Å². The minimum Gasteiger partial charge on any atom is -0.497 e. The fraction of sp³-hybridized carbons (Fsp3) is 0.538. The van der Waals surface area contributed by atoms with Crippen LogP contribution in [0.3, 0.4) is 0 Å². The Hall–Kier alpha value is -1.06. The van der Waals surface area contributed by atoms with E-state index in [4.69, 9.17) is 9.84 Å². The van der Waals surface area contributed by atoms with E-state index < -0.39 is 6.10 Å². The molecule has 0 bridgehead atoms. The van der Waals surface area contributed by atoms with Gasteiger partial charge < -0.3 is 14.9 Å². The Kier molecular flexibility index (Phi) is 4.33. The van der Waals surface area contributed by atoms with E-state index in [2.05, 4.69) is 0 Å². The molecule has 3 nitrogen and oxygen atoms in total. The van der Waals surface area contributed by atoms with Crippen LogP contribution < -0.4 is 4.74 Å². The molecule has 0 spiro atoms. The van der Waals surface area contributed by atoms with E-state index >= 15 is 0 Å². The van der Waals surface area contributed by atoms with E-state index in [1.165, 1.54) is 0 Å². The van der Waals surface area contributed by atoms with E-state index in [1.54, 1.807) is 7.11 Å². The summed E-state index contributed by atoms with van der Waals surface area (Å²) < 4.78 is 5.09. The average molecular weight is 224 g/mol. The first-order valence-corrected chi connectivity index (χ1v) is 5.46. The number of rotatable bonds is 5. The predicted molar refractivity (Wildman–Crippen MR) is 63.7 cm³/mol. The summed E-state index contributed by atoms with van der Waals surface area (Å²) in [5.74, 6) is 0.802. The van der Waals surface area contributed by atoms with Gasteiger partial charge in [0, 0.05) is 12.0 Å². The summed E-state index contributed by atoms with van der Waals surface area (Å²) in [5, 5.41) is 18.8. The molecule has 0 radical (unpaired) electrons. The zero-order valence-corrected chi connectivity index (χ0v) is 10.1. The minimum absolute atomic E-state index is 0.000745. The molecule has 0 amide bonds. The van der Waals surface area contributed by atoms with Crippen LogP contribution in [0.15, 0.2) is 24.3 Å². The molecular formula is C13H20O3. The molecule has 0 saturated heterocycles. The summed E-state index contributed by atoms with van der Waals surface area (Å²) in [6.45, 7) is 3.94. The van der Waals surface area contributed by atoms with Gasteiger partial charge in [-0.05, 0) is 24.1 Å². The smallest absolute Gasteiger partial charge is 0.118 e. The maximum absolute atomic E-state index is 9.97. The highest BCUT2D eigenvalue weighted by molar-refractivity contribution is 5.32. The van der Waals surface area contributed by atoms with Crippen LogP contribution in [-0.4, -0.2) is 30.0 Å². The van der Waals surface area contributed by atoms with Gasteiger partial charge in [-0.25, -0.2) is 0 Å². The minimum atomic E-state index is -0.550. The molecule has 0 aliphatic heterocycles. The molecular weight excluding hydrogens is 204 g/mol. The van der Waals surface area contributed by atoms with Gasteiger partial charge in [-0.2, -0.15) is 0 Å². The number of aliphatic hydroxyl groups is 2.